The second-order valence-electron chi connectivity index (χ2n) is 5.89. The summed E-state index contributed by atoms with van der Waals surface area (Å²) in [6.45, 7) is 4.40. The van der Waals surface area contributed by atoms with Gasteiger partial charge in [-0.15, -0.1) is 0 Å². The molecule has 0 spiro atoms. The molecule has 1 atom stereocenters. The number of halogens is 2. The number of carbonyl (C=O) groups is 1. The van der Waals surface area contributed by atoms with Crippen molar-refractivity contribution in [3.8, 4) is 0 Å². The second kappa shape index (κ2) is 7.12. The molecule has 1 aromatic carbocycles. The van der Waals surface area contributed by atoms with E-state index in [1.165, 1.54) is 0 Å². The van der Waals surface area contributed by atoms with Crippen molar-refractivity contribution in [2.24, 2.45) is 5.41 Å². The van der Waals surface area contributed by atoms with Gasteiger partial charge in [0.25, 0.3) is 0 Å². The lowest BCUT2D eigenvalue weighted by molar-refractivity contribution is -0.153. The normalized spacial score (nSPS) is 23.2. The molecule has 116 valence electrons. The summed E-state index contributed by atoms with van der Waals surface area (Å²) >= 11 is 9.50. The van der Waals surface area contributed by atoms with Crippen molar-refractivity contribution >= 4 is 33.5 Å². The summed E-state index contributed by atoms with van der Waals surface area (Å²) in [6.07, 6.45) is 3.39. The molecule has 0 aromatic heterocycles. The molecule has 0 bridgehead atoms. The molecule has 3 nitrogen and oxygen atoms in total. The second-order valence-corrected chi connectivity index (χ2v) is 7.18. The fraction of sp³-hybridized carbons (Fsp3) is 0.562. The first-order valence-corrected chi connectivity index (χ1v) is 8.53. The largest absolute Gasteiger partial charge is 0.481 e. The molecule has 1 unspecified atom stereocenters. The van der Waals surface area contributed by atoms with Crippen LogP contribution in [0.3, 0.4) is 0 Å². The van der Waals surface area contributed by atoms with Crippen molar-refractivity contribution < 1.29 is 9.90 Å². The molecule has 21 heavy (non-hydrogen) atoms. The van der Waals surface area contributed by atoms with Crippen LogP contribution < -0.4 is 0 Å². The van der Waals surface area contributed by atoms with Crippen LogP contribution in [0, 0.1) is 5.41 Å². The van der Waals surface area contributed by atoms with Gasteiger partial charge >= 0.3 is 5.97 Å². The van der Waals surface area contributed by atoms with E-state index in [1.807, 2.05) is 18.2 Å². The fourth-order valence-corrected chi connectivity index (χ4v) is 4.03. The van der Waals surface area contributed by atoms with E-state index in [-0.39, 0.29) is 0 Å². The smallest absolute Gasteiger partial charge is 0.310 e. The van der Waals surface area contributed by atoms with Gasteiger partial charge < -0.3 is 5.11 Å². The molecule has 0 saturated carbocycles. The highest BCUT2D eigenvalue weighted by molar-refractivity contribution is 9.10. The number of hydrogen-bond acceptors (Lipinski definition) is 2. The summed E-state index contributed by atoms with van der Waals surface area (Å²) in [7, 11) is 0. The standard InChI is InChI=1S/C16H21BrClNO2/c1-2-6-16(15(20)21)7-3-8-19(11-16)10-12-4-5-13(18)9-14(12)17/h4-5,9H,2-3,6-8,10-11H2,1H3,(H,20,21). The van der Waals surface area contributed by atoms with E-state index in [9.17, 15) is 9.90 Å². The van der Waals surface area contributed by atoms with E-state index in [4.69, 9.17) is 11.6 Å². The third-order valence-electron chi connectivity index (χ3n) is 4.25. The fourth-order valence-electron chi connectivity index (χ4n) is 3.22. The van der Waals surface area contributed by atoms with Crippen LogP contribution in [0.2, 0.25) is 5.02 Å². The number of nitrogens with zero attached hydrogens (tertiary/aromatic N) is 1. The SMILES string of the molecule is CCCC1(C(=O)O)CCCN(Cc2ccc(Cl)cc2Br)C1. The lowest BCUT2D eigenvalue weighted by Crippen LogP contribution is -2.47. The predicted molar refractivity (Wildman–Crippen MR) is 88.6 cm³/mol. The Hall–Kier alpha value is -0.580. The van der Waals surface area contributed by atoms with Crippen LogP contribution in [0.5, 0.6) is 0 Å². The van der Waals surface area contributed by atoms with Gasteiger partial charge in [0.2, 0.25) is 0 Å². The van der Waals surface area contributed by atoms with E-state index in [0.717, 1.165) is 48.8 Å². The minimum absolute atomic E-state index is 0.577. The maximum atomic E-state index is 11.7. The minimum atomic E-state index is -0.649. The van der Waals surface area contributed by atoms with Crippen LogP contribution in [0.4, 0.5) is 0 Å². The summed E-state index contributed by atoms with van der Waals surface area (Å²) in [5.74, 6) is -0.649. The first-order valence-electron chi connectivity index (χ1n) is 7.36. The molecule has 1 heterocycles. The van der Waals surface area contributed by atoms with Crippen LogP contribution in [-0.4, -0.2) is 29.1 Å². The molecule has 1 aliphatic heterocycles. The van der Waals surface area contributed by atoms with E-state index in [0.29, 0.717) is 11.6 Å². The molecule has 5 heteroatoms. The monoisotopic (exact) mass is 373 g/mol. The lowest BCUT2D eigenvalue weighted by atomic mass is 9.76. The Labute approximate surface area is 139 Å². The Morgan fingerprint density at radius 2 is 2.29 bits per heavy atom. The highest BCUT2D eigenvalue weighted by Crippen LogP contribution is 2.36. The molecule has 0 amide bonds. The number of carboxylic acid groups (broad SMARTS) is 1. The Bertz CT molecular complexity index is 519. The Morgan fingerprint density at radius 3 is 2.90 bits per heavy atom. The molecule has 2 rings (SSSR count). The van der Waals surface area contributed by atoms with Gasteiger partial charge in [-0.3, -0.25) is 9.69 Å². The lowest BCUT2D eigenvalue weighted by Gasteiger charge is -2.40. The summed E-state index contributed by atoms with van der Waals surface area (Å²) in [6, 6.07) is 5.77. The average molecular weight is 375 g/mol. The van der Waals surface area contributed by atoms with E-state index in [1.54, 1.807) is 0 Å². The average Bonchev–Trinajstić information content (AvgIpc) is 2.42. The molecule has 1 aliphatic rings. The van der Waals surface area contributed by atoms with Gasteiger partial charge in [-0.2, -0.15) is 0 Å². The van der Waals surface area contributed by atoms with E-state index in [2.05, 4.69) is 27.8 Å². The maximum Gasteiger partial charge on any atom is 0.310 e. The highest BCUT2D eigenvalue weighted by atomic mass is 79.9. The summed E-state index contributed by atoms with van der Waals surface area (Å²) < 4.78 is 0.983. The van der Waals surface area contributed by atoms with Crippen molar-refractivity contribution in [2.75, 3.05) is 13.1 Å². The molecule has 0 radical (unpaired) electrons. The number of carboxylic acids is 1. The molecule has 1 aromatic rings. The summed E-state index contributed by atoms with van der Waals surface area (Å²) in [5.41, 5.74) is 0.573. The number of benzene rings is 1. The molecular formula is C16H21BrClNO2. The predicted octanol–water partition coefficient (Wildman–Crippen LogP) is 4.57. The Balaban J connectivity index is 2.12. The minimum Gasteiger partial charge on any atom is -0.481 e. The Morgan fingerprint density at radius 1 is 1.52 bits per heavy atom. The van der Waals surface area contributed by atoms with Crippen molar-refractivity contribution in [1.82, 2.24) is 4.90 Å². The van der Waals surface area contributed by atoms with Gasteiger partial charge in [-0.25, -0.2) is 0 Å². The van der Waals surface area contributed by atoms with Crippen molar-refractivity contribution in [3.63, 3.8) is 0 Å². The highest BCUT2D eigenvalue weighted by Gasteiger charge is 2.41. The van der Waals surface area contributed by atoms with Gasteiger partial charge in [-0.05, 0) is 43.5 Å². The number of rotatable bonds is 5. The first-order chi connectivity index (χ1) is 9.97. The third kappa shape index (κ3) is 3.99. The van der Waals surface area contributed by atoms with Crippen LogP contribution in [-0.2, 0) is 11.3 Å². The molecule has 1 saturated heterocycles. The zero-order chi connectivity index (χ0) is 15.5. The Kier molecular flexibility index (Phi) is 5.69. The van der Waals surface area contributed by atoms with Gasteiger partial charge in [0, 0.05) is 22.6 Å². The van der Waals surface area contributed by atoms with Crippen LogP contribution in [0.15, 0.2) is 22.7 Å². The maximum absolute atomic E-state index is 11.7. The molecule has 1 N–H and O–H groups in total. The van der Waals surface area contributed by atoms with Crippen molar-refractivity contribution in [3.05, 3.63) is 33.3 Å². The molecular weight excluding hydrogens is 354 g/mol. The topological polar surface area (TPSA) is 40.5 Å². The van der Waals surface area contributed by atoms with Crippen LogP contribution in [0.25, 0.3) is 0 Å². The van der Waals surface area contributed by atoms with Gasteiger partial charge in [0.05, 0.1) is 5.41 Å². The van der Waals surface area contributed by atoms with Crippen LogP contribution in [0.1, 0.15) is 38.2 Å². The van der Waals surface area contributed by atoms with E-state index >= 15 is 0 Å². The summed E-state index contributed by atoms with van der Waals surface area (Å²) in [5, 5.41) is 10.3. The zero-order valence-corrected chi connectivity index (χ0v) is 14.6. The van der Waals surface area contributed by atoms with E-state index < -0.39 is 11.4 Å². The first kappa shape index (κ1) is 16.8. The number of hydrogen-bond donors (Lipinski definition) is 1. The van der Waals surface area contributed by atoms with Crippen molar-refractivity contribution in [1.29, 1.82) is 0 Å². The summed E-state index contributed by atoms with van der Waals surface area (Å²) in [4.78, 5) is 14.0. The van der Waals surface area contributed by atoms with Crippen molar-refractivity contribution in [2.45, 2.75) is 39.2 Å². The van der Waals surface area contributed by atoms with Crippen LogP contribution >= 0.6 is 27.5 Å². The zero-order valence-electron chi connectivity index (χ0n) is 12.2. The van der Waals surface area contributed by atoms with Gasteiger partial charge in [-0.1, -0.05) is 46.9 Å². The number of piperidine rings is 1. The molecule has 0 aliphatic carbocycles. The number of aliphatic carboxylic acids is 1. The quantitative estimate of drug-likeness (QED) is 0.820. The molecule has 1 fully saturated rings. The van der Waals surface area contributed by atoms with Gasteiger partial charge in [0.1, 0.15) is 0 Å². The van der Waals surface area contributed by atoms with Gasteiger partial charge in [0.15, 0.2) is 0 Å². The number of likely N-dealkylation sites (tertiary alicyclic amines) is 1. The third-order valence-corrected chi connectivity index (χ3v) is 5.22.